The Labute approximate surface area is 214 Å². The molecule has 0 spiro atoms. The van der Waals surface area contributed by atoms with Crippen LogP contribution in [0.2, 0.25) is 5.02 Å². The molecule has 2 heterocycles. The molecule has 0 unspecified atom stereocenters. The Kier molecular flexibility index (Phi) is 8.17. The average Bonchev–Trinajstić information content (AvgIpc) is 3.51. The van der Waals surface area contributed by atoms with Crippen LogP contribution in [-0.4, -0.2) is 28.9 Å². The van der Waals surface area contributed by atoms with Crippen LogP contribution in [0.4, 0.5) is 5.69 Å². The maximum Gasteiger partial charge on any atom is 0.291 e. The lowest BCUT2D eigenvalue weighted by molar-refractivity contribution is 0.0992. The first-order valence-corrected chi connectivity index (χ1v) is 12.0. The van der Waals surface area contributed by atoms with Gasteiger partial charge in [0.05, 0.1) is 31.6 Å². The lowest BCUT2D eigenvalue weighted by atomic mass is 10.2. The number of aromatic nitrogens is 2. The number of nitrogens with one attached hydrogen (secondary N) is 1. The number of anilines is 1. The summed E-state index contributed by atoms with van der Waals surface area (Å²) in [6, 6.07) is 14.5. The zero-order chi connectivity index (χ0) is 25.5. The molecule has 188 valence electrons. The molecule has 9 heteroatoms. The number of hydrogen-bond acceptors (Lipinski definition) is 6. The van der Waals surface area contributed by atoms with Gasteiger partial charge in [-0.25, -0.2) is 0 Å². The zero-order valence-electron chi connectivity index (χ0n) is 20.4. The predicted molar refractivity (Wildman–Crippen MR) is 137 cm³/mol. The van der Waals surface area contributed by atoms with E-state index in [9.17, 15) is 4.79 Å². The summed E-state index contributed by atoms with van der Waals surface area (Å²) in [6.45, 7) is 7.58. The number of nitrogens with zero attached hydrogens (tertiary/aromatic N) is 2. The summed E-state index contributed by atoms with van der Waals surface area (Å²) in [7, 11) is 0. The highest BCUT2D eigenvalue weighted by Crippen LogP contribution is 2.29. The molecule has 0 aliphatic carbocycles. The van der Waals surface area contributed by atoms with Gasteiger partial charge in [-0.05, 0) is 74.4 Å². The van der Waals surface area contributed by atoms with Gasteiger partial charge in [0.2, 0.25) is 0 Å². The van der Waals surface area contributed by atoms with Crippen LogP contribution >= 0.6 is 11.6 Å². The Morgan fingerprint density at radius 3 is 2.61 bits per heavy atom. The number of carbonyl (C=O) groups is 1. The van der Waals surface area contributed by atoms with Crippen LogP contribution in [-0.2, 0) is 13.2 Å². The molecule has 1 N–H and O–H groups in total. The van der Waals surface area contributed by atoms with Crippen molar-refractivity contribution in [2.75, 3.05) is 18.5 Å². The van der Waals surface area contributed by atoms with Crippen molar-refractivity contribution in [1.29, 1.82) is 0 Å². The minimum Gasteiger partial charge on any atom is -0.490 e. The van der Waals surface area contributed by atoms with Gasteiger partial charge < -0.3 is 23.9 Å². The van der Waals surface area contributed by atoms with Crippen LogP contribution in [0.15, 0.2) is 65.3 Å². The van der Waals surface area contributed by atoms with Crippen LogP contribution in [0.25, 0.3) is 0 Å². The van der Waals surface area contributed by atoms with Gasteiger partial charge in [0, 0.05) is 11.2 Å². The first-order valence-electron chi connectivity index (χ1n) is 11.6. The minimum absolute atomic E-state index is 0.182. The SMILES string of the molecule is CCOc1ccc(Cn2cc(NC(=O)c3ccc(COc4ccc(Cl)c(C)c4)o3)cn2)cc1OCC. The van der Waals surface area contributed by atoms with E-state index in [4.69, 9.17) is 30.2 Å². The van der Waals surface area contributed by atoms with Gasteiger partial charge in [0.15, 0.2) is 17.3 Å². The van der Waals surface area contributed by atoms with Crippen molar-refractivity contribution in [2.24, 2.45) is 0 Å². The predicted octanol–water partition coefficient (Wildman–Crippen LogP) is 6.11. The van der Waals surface area contributed by atoms with E-state index in [2.05, 4.69) is 10.4 Å². The standard InChI is InChI=1S/C27H28ClN3O5/c1-4-33-24-10-6-19(13-26(24)34-5-2)15-31-16-20(14-29-31)30-27(32)25-11-8-22(36-25)17-35-21-7-9-23(28)18(3)12-21/h6-14,16H,4-5,15,17H2,1-3H3,(H,30,32). The second-order valence-corrected chi connectivity index (χ2v) is 8.40. The number of ether oxygens (including phenoxy) is 3. The van der Waals surface area contributed by atoms with Crippen LogP contribution in [0.1, 0.15) is 41.3 Å². The molecule has 0 atom stereocenters. The summed E-state index contributed by atoms with van der Waals surface area (Å²) in [5.74, 6) is 2.42. The van der Waals surface area contributed by atoms with E-state index in [0.717, 1.165) is 11.1 Å². The van der Waals surface area contributed by atoms with Crippen molar-refractivity contribution in [3.8, 4) is 17.2 Å². The van der Waals surface area contributed by atoms with E-state index in [1.807, 2.05) is 45.0 Å². The maximum absolute atomic E-state index is 12.6. The molecule has 0 aliphatic heterocycles. The topological polar surface area (TPSA) is 87.8 Å². The number of benzene rings is 2. The second kappa shape index (κ2) is 11.7. The molecular formula is C27H28ClN3O5. The van der Waals surface area contributed by atoms with E-state index in [-0.39, 0.29) is 18.3 Å². The number of furan rings is 1. The van der Waals surface area contributed by atoms with Crippen molar-refractivity contribution >= 4 is 23.2 Å². The zero-order valence-corrected chi connectivity index (χ0v) is 21.2. The third kappa shape index (κ3) is 6.40. The largest absolute Gasteiger partial charge is 0.490 e. The highest BCUT2D eigenvalue weighted by atomic mass is 35.5. The molecule has 1 amide bonds. The van der Waals surface area contributed by atoms with Gasteiger partial charge in [0.25, 0.3) is 5.91 Å². The highest BCUT2D eigenvalue weighted by molar-refractivity contribution is 6.31. The average molecular weight is 510 g/mol. The fourth-order valence-electron chi connectivity index (χ4n) is 3.53. The normalized spacial score (nSPS) is 10.8. The Morgan fingerprint density at radius 1 is 1.03 bits per heavy atom. The Hall–Kier alpha value is -3.91. The van der Waals surface area contributed by atoms with Crippen LogP contribution in [0.5, 0.6) is 17.2 Å². The number of hydrogen-bond donors (Lipinski definition) is 1. The molecule has 2 aromatic heterocycles. The van der Waals surface area contributed by atoms with Crippen molar-refractivity contribution < 1.29 is 23.4 Å². The van der Waals surface area contributed by atoms with Crippen LogP contribution in [0.3, 0.4) is 0 Å². The molecular weight excluding hydrogens is 482 g/mol. The summed E-state index contributed by atoms with van der Waals surface area (Å²) in [6.07, 6.45) is 3.34. The molecule has 0 saturated carbocycles. The third-order valence-corrected chi connectivity index (χ3v) is 5.66. The Balaban J connectivity index is 1.34. The Bertz CT molecular complexity index is 1330. The fraction of sp³-hybridized carbons (Fsp3) is 0.259. The number of halogens is 1. The molecule has 0 aliphatic rings. The molecule has 0 radical (unpaired) electrons. The fourth-order valence-corrected chi connectivity index (χ4v) is 3.64. The summed E-state index contributed by atoms with van der Waals surface area (Å²) in [4.78, 5) is 12.6. The minimum atomic E-state index is -0.372. The molecule has 4 rings (SSSR count). The van der Waals surface area contributed by atoms with Crippen molar-refractivity contribution in [3.63, 3.8) is 0 Å². The van der Waals surface area contributed by atoms with Crippen molar-refractivity contribution in [2.45, 2.75) is 33.9 Å². The molecule has 0 fully saturated rings. The van der Waals surface area contributed by atoms with Gasteiger partial charge >= 0.3 is 0 Å². The van der Waals surface area contributed by atoms with Gasteiger partial charge in [-0.1, -0.05) is 17.7 Å². The molecule has 2 aromatic carbocycles. The lowest BCUT2D eigenvalue weighted by Crippen LogP contribution is -2.10. The first-order chi connectivity index (χ1) is 17.4. The number of rotatable bonds is 11. The van der Waals surface area contributed by atoms with E-state index < -0.39 is 0 Å². The van der Waals surface area contributed by atoms with Gasteiger partial charge in [0.1, 0.15) is 18.1 Å². The van der Waals surface area contributed by atoms with Gasteiger partial charge in [-0.2, -0.15) is 5.10 Å². The smallest absolute Gasteiger partial charge is 0.291 e. The molecule has 36 heavy (non-hydrogen) atoms. The summed E-state index contributed by atoms with van der Waals surface area (Å²) >= 11 is 6.04. The maximum atomic E-state index is 12.6. The lowest BCUT2D eigenvalue weighted by Gasteiger charge is -2.12. The molecule has 0 saturated heterocycles. The van der Waals surface area contributed by atoms with Gasteiger partial charge in [-0.15, -0.1) is 0 Å². The first kappa shape index (κ1) is 25.2. The number of aryl methyl sites for hydroxylation is 1. The highest BCUT2D eigenvalue weighted by Gasteiger charge is 2.14. The number of carbonyl (C=O) groups excluding carboxylic acids is 1. The summed E-state index contributed by atoms with van der Waals surface area (Å²) < 4.78 is 24.4. The second-order valence-electron chi connectivity index (χ2n) is 7.99. The molecule has 0 bridgehead atoms. The quantitative estimate of drug-likeness (QED) is 0.262. The van der Waals surface area contributed by atoms with E-state index in [0.29, 0.717) is 53.5 Å². The number of amides is 1. The molecule has 4 aromatic rings. The van der Waals surface area contributed by atoms with Crippen molar-refractivity contribution in [3.05, 3.63) is 88.6 Å². The summed E-state index contributed by atoms with van der Waals surface area (Å²) in [5, 5.41) is 7.83. The molecule has 8 nitrogen and oxygen atoms in total. The third-order valence-electron chi connectivity index (χ3n) is 5.24. The van der Waals surface area contributed by atoms with Crippen LogP contribution < -0.4 is 19.5 Å². The monoisotopic (exact) mass is 509 g/mol. The van der Waals surface area contributed by atoms with Gasteiger partial charge in [-0.3, -0.25) is 9.48 Å². The van der Waals surface area contributed by atoms with E-state index in [1.165, 1.54) is 0 Å². The van der Waals surface area contributed by atoms with Crippen LogP contribution in [0, 0.1) is 6.92 Å². The van der Waals surface area contributed by atoms with E-state index in [1.54, 1.807) is 41.3 Å². The van der Waals surface area contributed by atoms with E-state index >= 15 is 0 Å². The Morgan fingerprint density at radius 2 is 1.83 bits per heavy atom. The van der Waals surface area contributed by atoms with Crippen molar-refractivity contribution in [1.82, 2.24) is 9.78 Å². The summed E-state index contributed by atoms with van der Waals surface area (Å²) in [5.41, 5.74) is 2.47.